The maximum absolute atomic E-state index is 13.8. The van der Waals surface area contributed by atoms with Gasteiger partial charge in [0.1, 0.15) is 11.6 Å². The van der Waals surface area contributed by atoms with Crippen LogP contribution in [0.2, 0.25) is 0 Å². The first-order valence-electron chi connectivity index (χ1n) is 9.45. The molecule has 2 heterocycles. The van der Waals surface area contributed by atoms with Gasteiger partial charge < -0.3 is 4.74 Å². The Morgan fingerprint density at radius 1 is 0.967 bits per heavy atom. The van der Waals surface area contributed by atoms with E-state index in [0.717, 1.165) is 27.8 Å². The van der Waals surface area contributed by atoms with Crippen LogP contribution < -0.4 is 4.74 Å². The van der Waals surface area contributed by atoms with Crippen LogP contribution in [-0.2, 0) is 5.75 Å². The number of hydrogen-bond donors (Lipinski definition) is 0. The summed E-state index contributed by atoms with van der Waals surface area (Å²) < 4.78 is 21.2. The Morgan fingerprint density at radius 3 is 2.50 bits per heavy atom. The van der Waals surface area contributed by atoms with Crippen LogP contribution in [0.5, 0.6) is 5.75 Å². The summed E-state index contributed by atoms with van der Waals surface area (Å²) in [6, 6.07) is 14.6. The van der Waals surface area contributed by atoms with Crippen molar-refractivity contribution in [1.29, 1.82) is 0 Å². The zero-order chi connectivity index (χ0) is 21.1. The molecule has 0 aliphatic rings. The van der Waals surface area contributed by atoms with Crippen LogP contribution in [0.3, 0.4) is 0 Å². The predicted molar refractivity (Wildman–Crippen MR) is 117 cm³/mol. The molecular weight excluding hydrogens is 399 g/mol. The van der Waals surface area contributed by atoms with Crippen LogP contribution in [0.1, 0.15) is 16.7 Å². The van der Waals surface area contributed by atoms with Crippen LogP contribution in [0, 0.1) is 19.7 Å². The van der Waals surface area contributed by atoms with Crippen molar-refractivity contribution in [3.63, 3.8) is 0 Å². The van der Waals surface area contributed by atoms with E-state index in [-0.39, 0.29) is 5.82 Å². The molecule has 0 spiro atoms. The lowest BCUT2D eigenvalue weighted by atomic mass is 10.1. The standard InChI is InChI=1S/C23H21FN4OS/c1-15-4-6-20(12-16(15)2)28-22(17-8-10-25-11-9-17)26-27-23(28)30-14-18-13-19(24)5-7-21(18)29-3/h4-13H,14H2,1-3H3. The summed E-state index contributed by atoms with van der Waals surface area (Å²) in [4.78, 5) is 4.10. The lowest BCUT2D eigenvalue weighted by Crippen LogP contribution is -2.01. The van der Waals surface area contributed by atoms with Gasteiger partial charge in [0.05, 0.1) is 12.8 Å². The Kier molecular flexibility index (Phi) is 5.81. The molecule has 0 amide bonds. The van der Waals surface area contributed by atoms with Gasteiger partial charge in [-0.05, 0) is 67.4 Å². The molecule has 0 fully saturated rings. The Balaban J connectivity index is 1.76. The molecule has 2 aromatic carbocycles. The zero-order valence-corrected chi connectivity index (χ0v) is 17.8. The van der Waals surface area contributed by atoms with Crippen molar-refractivity contribution in [1.82, 2.24) is 19.7 Å². The maximum Gasteiger partial charge on any atom is 0.196 e. The van der Waals surface area contributed by atoms with Gasteiger partial charge in [-0.1, -0.05) is 17.8 Å². The number of benzene rings is 2. The molecule has 2 aromatic heterocycles. The Morgan fingerprint density at radius 2 is 1.77 bits per heavy atom. The van der Waals surface area contributed by atoms with E-state index in [1.54, 1.807) is 25.6 Å². The third kappa shape index (κ3) is 4.07. The van der Waals surface area contributed by atoms with E-state index in [4.69, 9.17) is 4.74 Å². The SMILES string of the molecule is COc1ccc(F)cc1CSc1nnc(-c2ccncc2)n1-c1ccc(C)c(C)c1. The van der Waals surface area contributed by atoms with Gasteiger partial charge in [-0.3, -0.25) is 9.55 Å². The number of nitrogens with zero attached hydrogens (tertiary/aromatic N) is 4. The Bertz CT molecular complexity index is 1180. The topological polar surface area (TPSA) is 52.8 Å². The average molecular weight is 421 g/mol. The smallest absolute Gasteiger partial charge is 0.196 e. The molecule has 0 saturated carbocycles. The first-order valence-corrected chi connectivity index (χ1v) is 10.4. The van der Waals surface area contributed by atoms with Crippen molar-refractivity contribution in [2.75, 3.05) is 7.11 Å². The number of aryl methyl sites for hydroxylation is 2. The fourth-order valence-corrected chi connectivity index (χ4v) is 4.08. The highest BCUT2D eigenvalue weighted by atomic mass is 32.2. The second kappa shape index (κ2) is 8.67. The van der Waals surface area contributed by atoms with E-state index in [1.807, 2.05) is 16.7 Å². The Labute approximate surface area is 179 Å². The number of thioether (sulfide) groups is 1. The first kappa shape index (κ1) is 20.1. The molecule has 5 nitrogen and oxygen atoms in total. The van der Waals surface area contributed by atoms with Crippen molar-refractivity contribution in [3.8, 4) is 22.8 Å². The van der Waals surface area contributed by atoms with Gasteiger partial charge in [-0.2, -0.15) is 0 Å². The van der Waals surface area contributed by atoms with Gasteiger partial charge in [-0.25, -0.2) is 4.39 Å². The van der Waals surface area contributed by atoms with Gasteiger partial charge in [0, 0.05) is 29.3 Å². The molecular formula is C23H21FN4OS. The number of halogens is 1. The van der Waals surface area contributed by atoms with E-state index < -0.39 is 0 Å². The molecule has 0 aliphatic carbocycles. The minimum Gasteiger partial charge on any atom is -0.496 e. The molecule has 0 aliphatic heterocycles. The van der Waals surface area contributed by atoms with Gasteiger partial charge in [0.2, 0.25) is 0 Å². The molecule has 0 radical (unpaired) electrons. The average Bonchev–Trinajstić information content (AvgIpc) is 3.19. The van der Waals surface area contributed by atoms with E-state index >= 15 is 0 Å². The summed E-state index contributed by atoms with van der Waals surface area (Å²) in [5.74, 6) is 1.59. The number of rotatable bonds is 6. The van der Waals surface area contributed by atoms with Gasteiger partial charge in [0.15, 0.2) is 11.0 Å². The largest absolute Gasteiger partial charge is 0.496 e. The molecule has 30 heavy (non-hydrogen) atoms. The summed E-state index contributed by atoms with van der Waals surface area (Å²) in [6.45, 7) is 4.17. The summed E-state index contributed by atoms with van der Waals surface area (Å²) in [5.41, 5.74) is 5.07. The third-order valence-corrected chi connectivity index (χ3v) is 5.90. The van der Waals surface area contributed by atoms with Crippen LogP contribution in [-0.4, -0.2) is 26.9 Å². The highest BCUT2D eigenvalue weighted by Gasteiger charge is 2.17. The normalized spacial score (nSPS) is 10.9. The van der Waals surface area contributed by atoms with Crippen LogP contribution in [0.4, 0.5) is 4.39 Å². The van der Waals surface area contributed by atoms with Crippen LogP contribution in [0.15, 0.2) is 66.1 Å². The van der Waals surface area contributed by atoms with Gasteiger partial charge in [0.25, 0.3) is 0 Å². The fourth-order valence-electron chi connectivity index (χ4n) is 3.15. The van der Waals surface area contributed by atoms with E-state index in [9.17, 15) is 4.39 Å². The second-order valence-electron chi connectivity index (χ2n) is 6.89. The predicted octanol–water partition coefficient (Wildman–Crippen LogP) is 5.39. The summed E-state index contributed by atoms with van der Waals surface area (Å²) in [6.07, 6.45) is 3.47. The van der Waals surface area contributed by atoms with Crippen molar-refractivity contribution in [2.45, 2.75) is 24.8 Å². The molecule has 0 bridgehead atoms. The molecule has 0 atom stereocenters. The van der Waals surface area contributed by atoms with Crippen molar-refractivity contribution < 1.29 is 9.13 Å². The summed E-state index contributed by atoms with van der Waals surface area (Å²) >= 11 is 1.49. The number of aromatic nitrogens is 4. The summed E-state index contributed by atoms with van der Waals surface area (Å²) in [7, 11) is 1.58. The second-order valence-corrected chi connectivity index (χ2v) is 7.83. The monoisotopic (exact) mass is 420 g/mol. The van der Waals surface area contributed by atoms with Gasteiger partial charge >= 0.3 is 0 Å². The van der Waals surface area contributed by atoms with E-state index in [2.05, 4.69) is 47.2 Å². The molecule has 4 rings (SSSR count). The summed E-state index contributed by atoms with van der Waals surface area (Å²) in [5, 5.41) is 9.60. The van der Waals surface area contributed by atoms with E-state index in [0.29, 0.717) is 11.5 Å². The van der Waals surface area contributed by atoms with Gasteiger partial charge in [-0.15, -0.1) is 10.2 Å². The maximum atomic E-state index is 13.8. The number of hydrogen-bond acceptors (Lipinski definition) is 5. The zero-order valence-electron chi connectivity index (χ0n) is 17.0. The quantitative estimate of drug-likeness (QED) is 0.392. The minimum absolute atomic E-state index is 0.292. The number of methoxy groups -OCH3 is 1. The van der Waals surface area contributed by atoms with E-state index in [1.165, 1.54) is 35.0 Å². The molecule has 0 N–H and O–H groups in total. The molecule has 4 aromatic rings. The van der Waals surface area contributed by atoms with Crippen LogP contribution >= 0.6 is 11.8 Å². The Hall–Kier alpha value is -3.19. The molecule has 0 unspecified atom stereocenters. The van der Waals surface area contributed by atoms with Crippen molar-refractivity contribution in [2.24, 2.45) is 0 Å². The molecule has 0 saturated heterocycles. The first-order chi connectivity index (χ1) is 14.6. The number of ether oxygens (including phenoxy) is 1. The molecule has 7 heteroatoms. The fraction of sp³-hybridized carbons (Fsp3) is 0.174. The number of pyridine rings is 1. The van der Waals surface area contributed by atoms with Crippen LogP contribution in [0.25, 0.3) is 17.1 Å². The molecule has 152 valence electrons. The lowest BCUT2D eigenvalue weighted by molar-refractivity contribution is 0.410. The van der Waals surface area contributed by atoms with Crippen molar-refractivity contribution >= 4 is 11.8 Å². The third-order valence-electron chi connectivity index (χ3n) is 4.92. The highest BCUT2D eigenvalue weighted by Crippen LogP contribution is 2.32. The van der Waals surface area contributed by atoms with Crippen molar-refractivity contribution in [3.05, 3.63) is 83.4 Å². The minimum atomic E-state index is -0.292. The highest BCUT2D eigenvalue weighted by molar-refractivity contribution is 7.98. The lowest BCUT2D eigenvalue weighted by Gasteiger charge is -2.13.